The fourth-order valence-corrected chi connectivity index (χ4v) is 3.40. The smallest absolute Gasteiger partial charge is 0.242 e. The van der Waals surface area contributed by atoms with Crippen LogP contribution in [0.5, 0.6) is 0 Å². The fraction of sp³-hybridized carbons (Fsp3) is 0.500. The van der Waals surface area contributed by atoms with Gasteiger partial charge in [0.15, 0.2) is 5.79 Å². The van der Waals surface area contributed by atoms with Crippen LogP contribution in [0, 0.1) is 5.82 Å². The highest BCUT2D eigenvalue weighted by atomic mass is 35.5. The third kappa shape index (κ3) is 3.67. The summed E-state index contributed by atoms with van der Waals surface area (Å²) >= 11 is 5.78. The average Bonchev–Trinajstić information content (AvgIpc) is 2.70. The first-order valence-electron chi connectivity index (χ1n) is 5.96. The molecule has 1 heterocycles. The number of benzene rings is 1. The SMILES string of the molecule is CC1(C)OCC(CNS(=O)(=O)c2cc(F)ccc2Cl)O1. The molecule has 1 aromatic rings. The molecule has 0 saturated carbocycles. The third-order valence-corrected chi connectivity index (χ3v) is 4.66. The predicted molar refractivity (Wildman–Crippen MR) is 71.5 cm³/mol. The Balaban J connectivity index is 2.07. The molecule has 2 rings (SSSR count). The average molecular weight is 324 g/mol. The Hall–Kier alpha value is -0.730. The van der Waals surface area contributed by atoms with E-state index in [1.165, 1.54) is 6.07 Å². The van der Waals surface area contributed by atoms with Crippen LogP contribution in [0.3, 0.4) is 0 Å². The Kier molecular flexibility index (Phi) is 4.36. The molecule has 0 aromatic heterocycles. The summed E-state index contributed by atoms with van der Waals surface area (Å²) in [5.74, 6) is -1.40. The lowest BCUT2D eigenvalue weighted by Crippen LogP contribution is -2.34. The monoisotopic (exact) mass is 323 g/mol. The molecule has 0 aliphatic carbocycles. The Morgan fingerprint density at radius 1 is 1.50 bits per heavy atom. The van der Waals surface area contributed by atoms with E-state index in [9.17, 15) is 12.8 Å². The minimum absolute atomic E-state index is 0.0264. The van der Waals surface area contributed by atoms with Crippen molar-refractivity contribution in [1.82, 2.24) is 4.72 Å². The summed E-state index contributed by atoms with van der Waals surface area (Å²) in [6, 6.07) is 3.17. The van der Waals surface area contributed by atoms with Gasteiger partial charge in [-0.25, -0.2) is 17.5 Å². The highest BCUT2D eigenvalue weighted by Crippen LogP contribution is 2.24. The van der Waals surface area contributed by atoms with Crippen molar-refractivity contribution in [2.24, 2.45) is 0 Å². The van der Waals surface area contributed by atoms with Gasteiger partial charge < -0.3 is 9.47 Å². The Morgan fingerprint density at radius 2 is 2.20 bits per heavy atom. The van der Waals surface area contributed by atoms with Crippen LogP contribution < -0.4 is 4.72 Å². The molecule has 112 valence electrons. The van der Waals surface area contributed by atoms with E-state index in [0.717, 1.165) is 12.1 Å². The van der Waals surface area contributed by atoms with Crippen LogP contribution >= 0.6 is 11.6 Å². The molecule has 1 unspecified atom stereocenters. The first kappa shape index (κ1) is 15.7. The van der Waals surface area contributed by atoms with E-state index in [1.807, 2.05) is 0 Å². The van der Waals surface area contributed by atoms with E-state index in [1.54, 1.807) is 13.8 Å². The second-order valence-electron chi connectivity index (χ2n) is 4.88. The van der Waals surface area contributed by atoms with E-state index in [0.29, 0.717) is 0 Å². The highest BCUT2D eigenvalue weighted by Gasteiger charge is 2.33. The summed E-state index contributed by atoms with van der Waals surface area (Å²) in [4.78, 5) is -0.294. The number of sulfonamides is 1. The molecule has 1 saturated heterocycles. The van der Waals surface area contributed by atoms with E-state index >= 15 is 0 Å². The lowest BCUT2D eigenvalue weighted by atomic mass is 10.3. The molecule has 5 nitrogen and oxygen atoms in total. The number of hydrogen-bond donors (Lipinski definition) is 1. The summed E-state index contributed by atoms with van der Waals surface area (Å²) in [6.45, 7) is 3.79. The Morgan fingerprint density at radius 3 is 2.80 bits per heavy atom. The van der Waals surface area contributed by atoms with Gasteiger partial charge in [-0.05, 0) is 32.0 Å². The zero-order valence-corrected chi connectivity index (χ0v) is 12.6. The first-order valence-corrected chi connectivity index (χ1v) is 7.82. The molecule has 1 fully saturated rings. The summed E-state index contributed by atoms with van der Waals surface area (Å²) in [5.41, 5.74) is 0. The maximum absolute atomic E-state index is 13.1. The molecule has 1 aliphatic rings. The molecule has 0 spiro atoms. The van der Waals surface area contributed by atoms with E-state index < -0.39 is 27.7 Å². The minimum atomic E-state index is -3.90. The van der Waals surface area contributed by atoms with Crippen molar-refractivity contribution in [3.05, 3.63) is 29.0 Å². The fourth-order valence-electron chi connectivity index (χ4n) is 1.83. The lowest BCUT2D eigenvalue weighted by Gasteiger charge is -2.17. The van der Waals surface area contributed by atoms with Crippen molar-refractivity contribution >= 4 is 21.6 Å². The van der Waals surface area contributed by atoms with Crippen LogP contribution in [-0.4, -0.2) is 33.5 Å². The van der Waals surface area contributed by atoms with Crippen LogP contribution in [-0.2, 0) is 19.5 Å². The van der Waals surface area contributed by atoms with Gasteiger partial charge >= 0.3 is 0 Å². The molecule has 20 heavy (non-hydrogen) atoms. The number of nitrogens with one attached hydrogen (secondary N) is 1. The zero-order valence-electron chi connectivity index (χ0n) is 11.0. The number of rotatable bonds is 4. The topological polar surface area (TPSA) is 64.6 Å². The van der Waals surface area contributed by atoms with Gasteiger partial charge in [0.25, 0.3) is 0 Å². The van der Waals surface area contributed by atoms with Gasteiger partial charge in [0.05, 0.1) is 17.7 Å². The summed E-state index contributed by atoms with van der Waals surface area (Å²) in [7, 11) is -3.90. The molecule has 0 bridgehead atoms. The summed E-state index contributed by atoms with van der Waals surface area (Å²) < 4.78 is 50.4. The van der Waals surface area contributed by atoms with Gasteiger partial charge in [-0.2, -0.15) is 0 Å². The zero-order chi connectivity index (χ0) is 15.0. The van der Waals surface area contributed by atoms with Gasteiger partial charge in [0, 0.05) is 6.54 Å². The van der Waals surface area contributed by atoms with E-state index in [2.05, 4.69) is 4.72 Å². The molecule has 1 aliphatic heterocycles. The maximum atomic E-state index is 13.1. The Labute approximate surface area is 122 Å². The highest BCUT2D eigenvalue weighted by molar-refractivity contribution is 7.89. The normalized spacial score (nSPS) is 22.1. The maximum Gasteiger partial charge on any atom is 0.242 e. The molecule has 1 aromatic carbocycles. The molecule has 8 heteroatoms. The summed E-state index contributed by atoms with van der Waals surface area (Å²) in [5, 5.41) is -0.0391. The molecule has 1 N–H and O–H groups in total. The van der Waals surface area contributed by atoms with Crippen molar-refractivity contribution < 1.29 is 22.3 Å². The first-order chi connectivity index (χ1) is 9.20. The van der Waals surface area contributed by atoms with Crippen LogP contribution in [0.2, 0.25) is 5.02 Å². The number of hydrogen-bond acceptors (Lipinski definition) is 4. The van der Waals surface area contributed by atoms with E-state index in [4.69, 9.17) is 21.1 Å². The molecule has 0 radical (unpaired) electrons. The van der Waals surface area contributed by atoms with Crippen molar-refractivity contribution in [1.29, 1.82) is 0 Å². The number of halogens is 2. The molecule has 1 atom stereocenters. The second-order valence-corrected chi connectivity index (χ2v) is 7.02. The third-order valence-electron chi connectivity index (χ3n) is 2.75. The van der Waals surface area contributed by atoms with Gasteiger partial charge in [-0.3, -0.25) is 0 Å². The van der Waals surface area contributed by atoms with Crippen molar-refractivity contribution in [3.8, 4) is 0 Å². The molecular weight excluding hydrogens is 309 g/mol. The minimum Gasteiger partial charge on any atom is -0.348 e. The quantitative estimate of drug-likeness (QED) is 0.919. The van der Waals surface area contributed by atoms with Gasteiger partial charge in [-0.15, -0.1) is 0 Å². The van der Waals surface area contributed by atoms with Gasteiger partial charge in [0.2, 0.25) is 10.0 Å². The van der Waals surface area contributed by atoms with E-state index in [-0.39, 0.29) is 23.1 Å². The van der Waals surface area contributed by atoms with Crippen molar-refractivity contribution in [2.75, 3.05) is 13.2 Å². The predicted octanol–water partition coefficient (Wildman–Crippen LogP) is 1.91. The standard InChI is InChI=1S/C12H15ClFNO4S/c1-12(2)18-7-9(19-12)6-15-20(16,17)11-5-8(14)3-4-10(11)13/h3-5,9,15H,6-7H2,1-2H3. The van der Waals surface area contributed by atoms with Crippen LogP contribution in [0.1, 0.15) is 13.8 Å². The lowest BCUT2D eigenvalue weighted by molar-refractivity contribution is -0.137. The van der Waals surface area contributed by atoms with Crippen LogP contribution in [0.25, 0.3) is 0 Å². The largest absolute Gasteiger partial charge is 0.348 e. The van der Waals surface area contributed by atoms with Crippen LogP contribution in [0.4, 0.5) is 4.39 Å². The van der Waals surface area contributed by atoms with Crippen molar-refractivity contribution in [2.45, 2.75) is 30.6 Å². The number of ether oxygens (including phenoxy) is 2. The summed E-state index contributed by atoms with van der Waals surface area (Å²) in [6.07, 6.45) is -0.396. The Bertz CT molecular complexity index is 605. The second kappa shape index (κ2) is 5.57. The molecular formula is C12H15ClFNO4S. The van der Waals surface area contributed by atoms with Gasteiger partial charge in [-0.1, -0.05) is 11.6 Å². The van der Waals surface area contributed by atoms with Crippen molar-refractivity contribution in [3.63, 3.8) is 0 Å². The molecule has 0 amide bonds. The van der Waals surface area contributed by atoms with Crippen LogP contribution in [0.15, 0.2) is 23.1 Å². The van der Waals surface area contributed by atoms with Gasteiger partial charge in [0.1, 0.15) is 10.7 Å².